The predicted octanol–water partition coefficient (Wildman–Crippen LogP) is 5.06. The summed E-state index contributed by atoms with van der Waals surface area (Å²) in [4.78, 5) is 0.399. The van der Waals surface area contributed by atoms with Gasteiger partial charge in [-0.15, -0.1) is 0 Å². The van der Waals surface area contributed by atoms with Crippen molar-refractivity contribution in [3.8, 4) is 0 Å². The van der Waals surface area contributed by atoms with Crippen LogP contribution in [-0.4, -0.2) is 25.3 Å². The Kier molecular flexibility index (Phi) is 4.96. The number of rotatable bonds is 3. The molecule has 1 heterocycles. The van der Waals surface area contributed by atoms with Gasteiger partial charge in [0, 0.05) is 12.6 Å². The number of aryl methyl sites for hydroxylation is 2. The zero-order valence-electron chi connectivity index (χ0n) is 17.1. The van der Waals surface area contributed by atoms with Crippen molar-refractivity contribution in [2.45, 2.75) is 51.5 Å². The number of hydrogen-bond donors (Lipinski definition) is 0. The van der Waals surface area contributed by atoms with Crippen LogP contribution >= 0.6 is 0 Å². The molecule has 0 saturated carbocycles. The van der Waals surface area contributed by atoms with E-state index in [-0.39, 0.29) is 17.9 Å². The standard InChI is InChI=1S/C24H29NO2S/c1-16(2)24-22-14-11-19-7-5-6-8-21(19)23(22)18(4)15-25(24)28(26,27)20-12-9-17(3)10-13-20/h5-10,12-13,16,18,24H,11,14-15H2,1-4H3/t18-,24+/m0/s1. The molecule has 2 atom stereocenters. The Morgan fingerprint density at radius 1 is 1.00 bits per heavy atom. The Balaban J connectivity index is 1.84. The van der Waals surface area contributed by atoms with Crippen molar-refractivity contribution in [2.24, 2.45) is 11.8 Å². The second-order valence-corrected chi connectivity index (χ2v) is 10.5. The molecule has 1 aliphatic carbocycles. The Morgan fingerprint density at radius 2 is 1.68 bits per heavy atom. The number of sulfonamides is 1. The van der Waals surface area contributed by atoms with Gasteiger partial charge in [-0.1, -0.05) is 62.7 Å². The lowest BCUT2D eigenvalue weighted by Crippen LogP contribution is -2.50. The molecule has 0 saturated heterocycles. The summed E-state index contributed by atoms with van der Waals surface area (Å²) >= 11 is 0. The molecule has 2 aliphatic rings. The van der Waals surface area contributed by atoms with E-state index in [2.05, 4.69) is 45.0 Å². The second-order valence-electron chi connectivity index (χ2n) is 8.57. The molecule has 2 aromatic rings. The zero-order chi connectivity index (χ0) is 20.1. The van der Waals surface area contributed by atoms with E-state index in [1.165, 1.54) is 22.3 Å². The smallest absolute Gasteiger partial charge is 0.207 e. The van der Waals surface area contributed by atoms with Gasteiger partial charge in [-0.2, -0.15) is 4.31 Å². The van der Waals surface area contributed by atoms with Crippen LogP contribution in [0.1, 0.15) is 43.9 Å². The quantitative estimate of drug-likeness (QED) is 0.728. The van der Waals surface area contributed by atoms with E-state index in [4.69, 9.17) is 0 Å². The Labute approximate surface area is 169 Å². The lowest BCUT2D eigenvalue weighted by atomic mass is 9.73. The maximum atomic E-state index is 13.6. The summed E-state index contributed by atoms with van der Waals surface area (Å²) in [5.74, 6) is 0.412. The highest BCUT2D eigenvalue weighted by Gasteiger charge is 2.43. The van der Waals surface area contributed by atoms with Gasteiger partial charge in [0.1, 0.15) is 0 Å². The molecule has 0 N–H and O–H groups in total. The van der Waals surface area contributed by atoms with E-state index < -0.39 is 10.0 Å². The molecule has 0 amide bonds. The minimum atomic E-state index is -3.53. The van der Waals surface area contributed by atoms with E-state index in [1.807, 2.05) is 19.1 Å². The maximum Gasteiger partial charge on any atom is 0.243 e. The Bertz CT molecular complexity index is 1020. The summed E-state index contributed by atoms with van der Waals surface area (Å²) in [7, 11) is -3.53. The van der Waals surface area contributed by atoms with Crippen molar-refractivity contribution in [1.29, 1.82) is 0 Å². The summed E-state index contributed by atoms with van der Waals surface area (Å²) in [6.45, 7) is 8.97. The minimum Gasteiger partial charge on any atom is -0.207 e. The van der Waals surface area contributed by atoms with Crippen molar-refractivity contribution in [3.63, 3.8) is 0 Å². The van der Waals surface area contributed by atoms with Crippen LogP contribution in [0.25, 0.3) is 5.57 Å². The summed E-state index contributed by atoms with van der Waals surface area (Å²) in [6.07, 6.45) is 1.93. The third-order valence-corrected chi connectivity index (χ3v) is 8.05. The van der Waals surface area contributed by atoms with Crippen LogP contribution < -0.4 is 0 Å². The van der Waals surface area contributed by atoms with E-state index in [0.717, 1.165) is 18.4 Å². The summed E-state index contributed by atoms with van der Waals surface area (Å²) in [6, 6.07) is 15.8. The molecule has 148 valence electrons. The normalized spacial score (nSPS) is 22.9. The second kappa shape index (κ2) is 7.16. The van der Waals surface area contributed by atoms with Gasteiger partial charge in [-0.25, -0.2) is 8.42 Å². The Morgan fingerprint density at radius 3 is 2.36 bits per heavy atom. The maximum absolute atomic E-state index is 13.6. The average Bonchev–Trinajstić information content (AvgIpc) is 2.67. The number of benzene rings is 2. The molecule has 0 bridgehead atoms. The van der Waals surface area contributed by atoms with Crippen molar-refractivity contribution in [3.05, 3.63) is 70.8 Å². The fourth-order valence-corrected chi connectivity index (χ4v) is 6.78. The average molecular weight is 396 g/mol. The van der Waals surface area contributed by atoms with Crippen molar-refractivity contribution >= 4 is 15.6 Å². The third kappa shape index (κ3) is 3.13. The van der Waals surface area contributed by atoms with E-state index in [0.29, 0.717) is 11.4 Å². The van der Waals surface area contributed by atoms with Crippen LogP contribution in [-0.2, 0) is 16.4 Å². The molecule has 3 nitrogen and oxygen atoms in total. The highest BCUT2D eigenvalue weighted by atomic mass is 32.2. The highest BCUT2D eigenvalue weighted by Crippen LogP contribution is 2.45. The fraction of sp³-hybridized carbons (Fsp3) is 0.417. The molecule has 0 radical (unpaired) electrons. The van der Waals surface area contributed by atoms with Crippen molar-refractivity contribution in [1.82, 2.24) is 4.31 Å². The highest BCUT2D eigenvalue weighted by molar-refractivity contribution is 7.89. The molecule has 1 aliphatic heterocycles. The van der Waals surface area contributed by atoms with Gasteiger partial charge in [0.2, 0.25) is 10.0 Å². The first-order valence-electron chi connectivity index (χ1n) is 10.2. The van der Waals surface area contributed by atoms with Crippen LogP contribution in [0.2, 0.25) is 0 Å². The molecular weight excluding hydrogens is 366 g/mol. The number of nitrogens with zero attached hydrogens (tertiary/aromatic N) is 1. The van der Waals surface area contributed by atoms with Gasteiger partial charge in [0.15, 0.2) is 0 Å². The van der Waals surface area contributed by atoms with Crippen LogP contribution in [0, 0.1) is 18.8 Å². The van der Waals surface area contributed by atoms with Gasteiger partial charge >= 0.3 is 0 Å². The van der Waals surface area contributed by atoms with Gasteiger partial charge in [0.05, 0.1) is 4.90 Å². The molecule has 4 heteroatoms. The number of fused-ring (bicyclic) bond motifs is 2. The van der Waals surface area contributed by atoms with E-state index in [1.54, 1.807) is 16.4 Å². The largest absolute Gasteiger partial charge is 0.243 e. The molecule has 0 fully saturated rings. The van der Waals surface area contributed by atoms with E-state index in [9.17, 15) is 8.42 Å². The first-order valence-corrected chi connectivity index (χ1v) is 11.6. The lowest BCUT2D eigenvalue weighted by Gasteiger charge is -2.45. The lowest BCUT2D eigenvalue weighted by molar-refractivity contribution is 0.256. The number of hydrogen-bond acceptors (Lipinski definition) is 2. The first-order chi connectivity index (χ1) is 13.3. The molecule has 28 heavy (non-hydrogen) atoms. The molecule has 0 unspecified atom stereocenters. The minimum absolute atomic E-state index is 0.0779. The third-order valence-electron chi connectivity index (χ3n) is 6.19. The molecule has 0 aromatic heterocycles. The van der Waals surface area contributed by atoms with Crippen LogP contribution in [0.15, 0.2) is 59.0 Å². The fourth-order valence-electron chi connectivity index (χ4n) is 4.94. The summed E-state index contributed by atoms with van der Waals surface area (Å²) < 4.78 is 28.9. The summed E-state index contributed by atoms with van der Waals surface area (Å²) in [5.41, 5.74) is 6.50. The van der Waals surface area contributed by atoms with Gasteiger partial charge in [-0.05, 0) is 66.0 Å². The molecule has 0 spiro atoms. The first kappa shape index (κ1) is 19.4. The molecule has 2 aromatic carbocycles. The van der Waals surface area contributed by atoms with Crippen molar-refractivity contribution in [2.75, 3.05) is 6.54 Å². The Hall–Kier alpha value is -1.91. The van der Waals surface area contributed by atoms with E-state index >= 15 is 0 Å². The topological polar surface area (TPSA) is 37.4 Å². The van der Waals surface area contributed by atoms with Crippen LogP contribution in [0.4, 0.5) is 0 Å². The summed E-state index contributed by atoms with van der Waals surface area (Å²) in [5, 5.41) is 0. The van der Waals surface area contributed by atoms with Crippen LogP contribution in [0.3, 0.4) is 0 Å². The zero-order valence-corrected chi connectivity index (χ0v) is 18.0. The molecule has 4 rings (SSSR count). The molecular formula is C24H29NO2S. The SMILES string of the molecule is Cc1ccc(S(=O)(=O)N2C[C@H](C)C3=C(CCc4ccccc43)[C@H]2C(C)C)cc1. The van der Waals surface area contributed by atoms with Gasteiger partial charge < -0.3 is 0 Å². The van der Waals surface area contributed by atoms with Gasteiger partial charge in [0.25, 0.3) is 0 Å². The predicted molar refractivity (Wildman–Crippen MR) is 115 cm³/mol. The van der Waals surface area contributed by atoms with Gasteiger partial charge in [-0.3, -0.25) is 0 Å². The van der Waals surface area contributed by atoms with Crippen LogP contribution in [0.5, 0.6) is 0 Å². The monoisotopic (exact) mass is 395 g/mol. The van der Waals surface area contributed by atoms with Crippen molar-refractivity contribution < 1.29 is 8.42 Å².